The third-order valence-corrected chi connectivity index (χ3v) is 4.57. The molecule has 1 saturated heterocycles. The minimum atomic E-state index is 0.521. The molecule has 0 saturated carbocycles. The number of likely N-dealkylation sites (N-methyl/N-ethyl adjacent to an activating group) is 1. The highest BCUT2D eigenvalue weighted by Gasteiger charge is 2.13. The van der Waals surface area contributed by atoms with Crippen LogP contribution in [0.5, 0.6) is 5.88 Å². The van der Waals surface area contributed by atoms with Crippen LogP contribution in [-0.4, -0.2) is 57.7 Å². The number of hydrogen-bond donors (Lipinski definition) is 2. The van der Waals surface area contributed by atoms with Crippen molar-refractivity contribution in [1.29, 1.82) is 0 Å². The molecule has 1 aliphatic heterocycles. The van der Waals surface area contributed by atoms with Crippen molar-refractivity contribution in [1.82, 2.24) is 10.3 Å². The Balaban J connectivity index is 1.77. The molecule has 3 N–H and O–H groups in total. The van der Waals surface area contributed by atoms with Crippen LogP contribution in [0.25, 0.3) is 0 Å². The summed E-state index contributed by atoms with van der Waals surface area (Å²) in [5, 5.41) is 3.07. The van der Waals surface area contributed by atoms with E-state index >= 15 is 0 Å². The van der Waals surface area contributed by atoms with Gasteiger partial charge in [0.2, 0.25) is 5.88 Å². The van der Waals surface area contributed by atoms with Gasteiger partial charge in [-0.05, 0) is 31.7 Å². The average Bonchev–Trinajstić information content (AvgIpc) is 2.71. The molecule has 1 aromatic heterocycles. The molecular weight excluding hydrogens is 354 g/mol. The molecule has 1 fully saturated rings. The lowest BCUT2D eigenvalue weighted by Gasteiger charge is -2.29. The average molecular weight is 383 g/mol. The van der Waals surface area contributed by atoms with Gasteiger partial charge in [0.05, 0.1) is 25.5 Å². The first-order valence-electron chi connectivity index (χ1n) is 9.63. The minimum absolute atomic E-state index is 0.521. The predicted molar refractivity (Wildman–Crippen MR) is 114 cm³/mol. The van der Waals surface area contributed by atoms with Gasteiger partial charge in [-0.15, -0.1) is 0 Å². The summed E-state index contributed by atoms with van der Waals surface area (Å²) in [6, 6.07) is 10.0. The largest absolute Gasteiger partial charge is 0.476 e. The summed E-state index contributed by atoms with van der Waals surface area (Å²) in [5.41, 5.74) is 10.9. The Hall–Kier alpha value is -2.64. The molecule has 7 nitrogen and oxygen atoms in total. The summed E-state index contributed by atoms with van der Waals surface area (Å²) in [6.45, 7) is 7.07. The van der Waals surface area contributed by atoms with E-state index in [-0.39, 0.29) is 0 Å². The van der Waals surface area contributed by atoms with Gasteiger partial charge in [0.1, 0.15) is 6.61 Å². The zero-order valence-electron chi connectivity index (χ0n) is 16.6. The maximum absolute atomic E-state index is 6.05. The second-order valence-electron chi connectivity index (χ2n) is 6.81. The summed E-state index contributed by atoms with van der Waals surface area (Å²) in [5.74, 6) is 0.607. The fourth-order valence-electron chi connectivity index (χ4n) is 3.02. The molecule has 7 heteroatoms. The molecule has 0 radical (unpaired) electrons. The SMILES string of the molecule is CNCCOc1cc(N2CCOCC2)cc(C=NCc2cc(C)ccc2N)n1. The van der Waals surface area contributed by atoms with Crippen LogP contribution in [-0.2, 0) is 11.3 Å². The number of benzene rings is 1. The molecule has 1 aliphatic rings. The highest BCUT2D eigenvalue weighted by molar-refractivity contribution is 5.79. The number of ether oxygens (including phenoxy) is 2. The third kappa shape index (κ3) is 5.68. The van der Waals surface area contributed by atoms with E-state index in [1.54, 1.807) is 6.21 Å². The first-order valence-corrected chi connectivity index (χ1v) is 9.63. The maximum atomic E-state index is 6.05. The number of rotatable bonds is 8. The van der Waals surface area contributed by atoms with Crippen molar-refractivity contribution in [3.05, 3.63) is 47.2 Å². The Bertz CT molecular complexity index is 803. The molecule has 0 unspecified atom stereocenters. The third-order valence-electron chi connectivity index (χ3n) is 4.57. The van der Waals surface area contributed by atoms with Gasteiger partial charge in [-0.25, -0.2) is 4.98 Å². The van der Waals surface area contributed by atoms with E-state index in [1.807, 2.05) is 31.3 Å². The number of nitrogens with zero attached hydrogens (tertiary/aromatic N) is 3. The van der Waals surface area contributed by atoms with E-state index < -0.39 is 0 Å². The fourth-order valence-corrected chi connectivity index (χ4v) is 3.02. The number of nitrogens with one attached hydrogen (secondary N) is 1. The number of hydrogen-bond acceptors (Lipinski definition) is 7. The maximum Gasteiger partial charge on any atom is 0.215 e. The van der Waals surface area contributed by atoms with Crippen molar-refractivity contribution >= 4 is 17.6 Å². The molecule has 0 bridgehead atoms. The van der Waals surface area contributed by atoms with Crippen molar-refractivity contribution in [2.45, 2.75) is 13.5 Å². The number of pyridine rings is 1. The first kappa shape index (κ1) is 20.1. The number of morpholine rings is 1. The van der Waals surface area contributed by atoms with Crippen LogP contribution in [0.4, 0.5) is 11.4 Å². The molecule has 2 aromatic rings. The summed E-state index contributed by atoms with van der Waals surface area (Å²) in [7, 11) is 1.90. The van der Waals surface area contributed by atoms with E-state index in [0.717, 1.165) is 55.5 Å². The van der Waals surface area contributed by atoms with Gasteiger partial charge < -0.3 is 25.4 Å². The van der Waals surface area contributed by atoms with Crippen LogP contribution < -0.4 is 20.7 Å². The molecule has 28 heavy (non-hydrogen) atoms. The smallest absolute Gasteiger partial charge is 0.215 e. The van der Waals surface area contributed by atoms with E-state index in [2.05, 4.69) is 33.2 Å². The van der Waals surface area contributed by atoms with Crippen molar-refractivity contribution < 1.29 is 9.47 Å². The second kappa shape index (κ2) is 10.1. The van der Waals surface area contributed by atoms with Gasteiger partial charge >= 0.3 is 0 Å². The number of aliphatic imine (C=N–C) groups is 1. The van der Waals surface area contributed by atoms with Gasteiger partial charge in [-0.1, -0.05) is 17.7 Å². The molecule has 0 spiro atoms. The first-order chi connectivity index (χ1) is 13.7. The highest BCUT2D eigenvalue weighted by Crippen LogP contribution is 2.22. The lowest BCUT2D eigenvalue weighted by atomic mass is 10.1. The van der Waals surface area contributed by atoms with Crippen LogP contribution in [0.15, 0.2) is 35.3 Å². The number of nitrogen functional groups attached to an aromatic ring is 1. The van der Waals surface area contributed by atoms with Crippen molar-refractivity contribution in [3.8, 4) is 5.88 Å². The van der Waals surface area contributed by atoms with Gasteiger partial charge in [0.15, 0.2) is 0 Å². The van der Waals surface area contributed by atoms with Crippen LogP contribution >= 0.6 is 0 Å². The fraction of sp³-hybridized carbons (Fsp3) is 0.429. The van der Waals surface area contributed by atoms with E-state index in [4.69, 9.17) is 15.2 Å². The van der Waals surface area contributed by atoms with Crippen molar-refractivity contribution in [2.75, 3.05) is 57.1 Å². The zero-order valence-corrected chi connectivity index (χ0v) is 16.6. The molecule has 150 valence electrons. The van der Waals surface area contributed by atoms with Crippen molar-refractivity contribution in [2.24, 2.45) is 4.99 Å². The summed E-state index contributed by atoms with van der Waals surface area (Å²) >= 11 is 0. The normalized spacial score (nSPS) is 14.6. The Kier molecular flexibility index (Phi) is 7.22. The monoisotopic (exact) mass is 383 g/mol. The molecule has 1 aromatic carbocycles. The lowest BCUT2D eigenvalue weighted by molar-refractivity contribution is 0.122. The van der Waals surface area contributed by atoms with E-state index in [0.29, 0.717) is 19.0 Å². The van der Waals surface area contributed by atoms with Crippen molar-refractivity contribution in [3.63, 3.8) is 0 Å². The molecule has 0 amide bonds. The topological polar surface area (TPSA) is 85.0 Å². The molecule has 3 rings (SSSR count). The van der Waals surface area contributed by atoms with Gasteiger partial charge in [-0.3, -0.25) is 4.99 Å². The van der Waals surface area contributed by atoms with Gasteiger partial charge in [-0.2, -0.15) is 0 Å². The molecule has 2 heterocycles. The van der Waals surface area contributed by atoms with Gasteiger partial charge in [0, 0.05) is 43.3 Å². The number of anilines is 2. The predicted octanol–water partition coefficient (Wildman–Crippen LogP) is 2.03. The van der Waals surface area contributed by atoms with Gasteiger partial charge in [0.25, 0.3) is 0 Å². The zero-order chi connectivity index (χ0) is 19.8. The quantitative estimate of drug-likeness (QED) is 0.412. The number of aryl methyl sites for hydroxylation is 1. The Morgan fingerprint density at radius 1 is 1.29 bits per heavy atom. The number of nitrogens with two attached hydrogens (primary N) is 1. The number of aromatic nitrogens is 1. The molecule has 0 aliphatic carbocycles. The summed E-state index contributed by atoms with van der Waals surface area (Å²) < 4.78 is 11.3. The lowest BCUT2D eigenvalue weighted by Crippen LogP contribution is -2.36. The Morgan fingerprint density at radius 2 is 2.11 bits per heavy atom. The second-order valence-corrected chi connectivity index (χ2v) is 6.81. The summed E-state index contributed by atoms with van der Waals surface area (Å²) in [6.07, 6.45) is 1.79. The highest BCUT2D eigenvalue weighted by atomic mass is 16.5. The molecular formula is C21H29N5O2. The van der Waals surface area contributed by atoms with Crippen LogP contribution in [0.1, 0.15) is 16.8 Å². The summed E-state index contributed by atoms with van der Waals surface area (Å²) in [4.78, 5) is 11.4. The van der Waals surface area contributed by atoms with E-state index in [9.17, 15) is 0 Å². The Labute approximate surface area is 166 Å². The minimum Gasteiger partial charge on any atom is -0.476 e. The Morgan fingerprint density at radius 3 is 2.89 bits per heavy atom. The van der Waals surface area contributed by atoms with Crippen LogP contribution in [0.2, 0.25) is 0 Å². The van der Waals surface area contributed by atoms with Crippen LogP contribution in [0, 0.1) is 6.92 Å². The standard InChI is InChI=1S/C21H29N5O2/c1-16-3-4-20(22)17(11-16)14-24-15-18-12-19(26-6-9-27-10-7-26)13-21(25-18)28-8-5-23-2/h3-4,11-13,15,23H,5-10,14,22H2,1-2H3. The van der Waals surface area contributed by atoms with E-state index in [1.165, 1.54) is 5.56 Å². The molecule has 0 atom stereocenters. The van der Waals surface area contributed by atoms with Crippen LogP contribution in [0.3, 0.4) is 0 Å².